The lowest BCUT2D eigenvalue weighted by Crippen LogP contribution is -2.42. The molecule has 0 aliphatic carbocycles. The van der Waals surface area contributed by atoms with Crippen molar-refractivity contribution in [2.24, 2.45) is 5.41 Å². The van der Waals surface area contributed by atoms with Crippen molar-refractivity contribution in [1.82, 2.24) is 34.3 Å². The number of nitriles is 1. The van der Waals surface area contributed by atoms with Crippen molar-refractivity contribution >= 4 is 11.0 Å². The van der Waals surface area contributed by atoms with Crippen LogP contribution in [0.2, 0.25) is 0 Å². The molecule has 0 amide bonds. The number of hydrogen-bond acceptors (Lipinski definition) is 6. The third-order valence-electron chi connectivity index (χ3n) is 6.01. The highest BCUT2D eigenvalue weighted by Gasteiger charge is 2.22. The van der Waals surface area contributed by atoms with E-state index in [-0.39, 0.29) is 11.2 Å². The maximum absolute atomic E-state index is 9.24. The van der Waals surface area contributed by atoms with Crippen LogP contribution in [0.4, 0.5) is 0 Å². The molecule has 3 aromatic rings. The zero-order valence-electron chi connectivity index (χ0n) is 19.5. The molecule has 0 saturated carbocycles. The Morgan fingerprint density at radius 1 is 1.25 bits per heavy atom. The van der Waals surface area contributed by atoms with E-state index in [1.165, 1.54) is 18.5 Å². The highest BCUT2D eigenvalue weighted by molar-refractivity contribution is 5.77. The van der Waals surface area contributed by atoms with Gasteiger partial charge >= 0.3 is 0 Å². The molecular formula is C24H34N8. The van der Waals surface area contributed by atoms with Crippen LogP contribution in [0.3, 0.4) is 0 Å². The van der Waals surface area contributed by atoms with Crippen LogP contribution < -0.4 is 5.32 Å². The quantitative estimate of drug-likeness (QED) is 0.548. The summed E-state index contributed by atoms with van der Waals surface area (Å²) in [6.45, 7) is 12.7. The van der Waals surface area contributed by atoms with Gasteiger partial charge in [0.1, 0.15) is 11.7 Å². The molecule has 0 aromatic carbocycles. The summed E-state index contributed by atoms with van der Waals surface area (Å²) in [4.78, 5) is 15.3. The van der Waals surface area contributed by atoms with Crippen LogP contribution in [0.5, 0.6) is 0 Å². The predicted octanol–water partition coefficient (Wildman–Crippen LogP) is 3.19. The van der Waals surface area contributed by atoms with E-state index in [0.717, 1.165) is 56.7 Å². The summed E-state index contributed by atoms with van der Waals surface area (Å²) in [7, 11) is 0. The molecule has 0 atom stereocenters. The summed E-state index contributed by atoms with van der Waals surface area (Å²) in [6, 6.07) is 4.87. The van der Waals surface area contributed by atoms with Gasteiger partial charge in [0, 0.05) is 68.4 Å². The molecule has 1 aliphatic rings. The normalized spacial score (nSPS) is 15.9. The smallest absolute Gasteiger partial charge is 0.234 e. The molecule has 4 heterocycles. The minimum Gasteiger partial charge on any atom is -0.337 e. The van der Waals surface area contributed by atoms with E-state index < -0.39 is 0 Å². The first-order valence-electron chi connectivity index (χ1n) is 11.6. The van der Waals surface area contributed by atoms with Gasteiger partial charge in [-0.25, -0.2) is 15.0 Å². The summed E-state index contributed by atoms with van der Waals surface area (Å²) in [5.74, 6) is 0.234. The Labute approximate surface area is 190 Å². The number of nitrogens with one attached hydrogen (secondary N) is 1. The van der Waals surface area contributed by atoms with Gasteiger partial charge in [-0.05, 0) is 37.3 Å². The summed E-state index contributed by atoms with van der Waals surface area (Å²) in [5, 5.41) is 14.0. The summed E-state index contributed by atoms with van der Waals surface area (Å²) in [5.41, 5.74) is 2.24. The number of likely N-dealkylation sites (tertiary alicyclic amines) is 1. The van der Waals surface area contributed by atoms with Gasteiger partial charge < -0.3 is 14.5 Å². The van der Waals surface area contributed by atoms with Crippen molar-refractivity contribution in [1.29, 1.82) is 5.26 Å². The second kappa shape index (κ2) is 9.80. The molecule has 32 heavy (non-hydrogen) atoms. The topological polar surface area (TPSA) is 87.6 Å². The van der Waals surface area contributed by atoms with Crippen molar-refractivity contribution in [3.8, 4) is 6.07 Å². The largest absolute Gasteiger partial charge is 0.337 e. The molecule has 0 spiro atoms. The second-order valence-electron chi connectivity index (χ2n) is 10.0. The fourth-order valence-corrected chi connectivity index (χ4v) is 4.44. The number of hydrogen-bond donors (Lipinski definition) is 1. The lowest BCUT2D eigenvalue weighted by atomic mass is 9.97. The Kier molecular flexibility index (Phi) is 6.87. The second-order valence-corrected chi connectivity index (χ2v) is 10.0. The van der Waals surface area contributed by atoms with Crippen molar-refractivity contribution < 1.29 is 0 Å². The highest BCUT2D eigenvalue weighted by atomic mass is 15.2. The van der Waals surface area contributed by atoms with Gasteiger partial charge in [0.15, 0.2) is 0 Å². The van der Waals surface area contributed by atoms with E-state index in [9.17, 15) is 5.26 Å². The molecule has 8 heteroatoms. The molecule has 1 N–H and O–H groups in total. The van der Waals surface area contributed by atoms with Crippen LogP contribution >= 0.6 is 0 Å². The Balaban J connectivity index is 1.34. The maximum atomic E-state index is 9.24. The van der Waals surface area contributed by atoms with Gasteiger partial charge in [-0.1, -0.05) is 20.8 Å². The van der Waals surface area contributed by atoms with E-state index >= 15 is 0 Å². The first kappa shape index (κ1) is 22.4. The number of aryl methyl sites for hydroxylation is 1. The Hall–Kier alpha value is -2.76. The van der Waals surface area contributed by atoms with Gasteiger partial charge in [-0.3, -0.25) is 4.90 Å². The number of fused-ring (bicyclic) bond motifs is 1. The molecular weight excluding hydrogens is 400 g/mol. The molecule has 170 valence electrons. The molecule has 0 radical (unpaired) electrons. The van der Waals surface area contributed by atoms with Crippen molar-refractivity contribution in [3.63, 3.8) is 0 Å². The summed E-state index contributed by atoms with van der Waals surface area (Å²) < 4.78 is 4.42. The van der Waals surface area contributed by atoms with Crippen molar-refractivity contribution in [2.75, 3.05) is 19.6 Å². The zero-order valence-corrected chi connectivity index (χ0v) is 19.5. The van der Waals surface area contributed by atoms with Crippen LogP contribution in [0.1, 0.15) is 51.6 Å². The van der Waals surface area contributed by atoms with Crippen LogP contribution in [0, 0.1) is 16.7 Å². The fourth-order valence-electron chi connectivity index (χ4n) is 4.44. The molecule has 3 aromatic heterocycles. The molecule has 0 bridgehead atoms. The SMILES string of the molecule is CC(C)(C)Cn1c(CN2CCC(NCCCn3ccnc3)CC2)cc2cnc(C#N)nc21. The Bertz CT molecular complexity index is 1050. The number of piperidine rings is 1. The standard InChI is InChI=1S/C24H34N8/c1-24(2,3)17-32-21(13-19-15-28-22(14-25)29-23(19)32)16-30-10-5-20(6-11-30)27-7-4-9-31-12-8-26-18-31/h8,12-13,15,18,20,27H,4-7,9-11,16-17H2,1-3H3. The average Bonchev–Trinajstić information content (AvgIpc) is 3.39. The van der Waals surface area contributed by atoms with Crippen LogP contribution in [-0.4, -0.2) is 54.7 Å². The zero-order chi connectivity index (χ0) is 22.6. The fraction of sp³-hybridized carbons (Fsp3) is 0.583. The van der Waals surface area contributed by atoms with Crippen molar-refractivity contribution in [3.05, 3.63) is 42.5 Å². The lowest BCUT2D eigenvalue weighted by molar-refractivity contribution is 0.185. The van der Waals surface area contributed by atoms with Gasteiger partial charge in [0.25, 0.3) is 0 Å². The molecule has 8 nitrogen and oxygen atoms in total. The average molecular weight is 435 g/mol. The highest BCUT2D eigenvalue weighted by Crippen LogP contribution is 2.26. The van der Waals surface area contributed by atoms with Crippen LogP contribution in [-0.2, 0) is 19.6 Å². The Morgan fingerprint density at radius 3 is 2.75 bits per heavy atom. The van der Waals surface area contributed by atoms with Gasteiger partial charge in [0.05, 0.1) is 6.33 Å². The van der Waals surface area contributed by atoms with E-state index in [2.05, 4.69) is 67.2 Å². The number of nitrogens with zero attached hydrogens (tertiary/aromatic N) is 7. The lowest BCUT2D eigenvalue weighted by Gasteiger charge is -2.33. The minimum atomic E-state index is 0.117. The molecule has 1 aliphatic heterocycles. The van der Waals surface area contributed by atoms with Crippen LogP contribution in [0.15, 0.2) is 31.0 Å². The number of aromatic nitrogens is 5. The predicted molar refractivity (Wildman–Crippen MR) is 125 cm³/mol. The summed E-state index contributed by atoms with van der Waals surface area (Å²) >= 11 is 0. The van der Waals surface area contributed by atoms with E-state index in [4.69, 9.17) is 0 Å². The molecule has 0 unspecified atom stereocenters. The third-order valence-corrected chi connectivity index (χ3v) is 6.01. The van der Waals surface area contributed by atoms with Crippen LogP contribution in [0.25, 0.3) is 11.0 Å². The van der Waals surface area contributed by atoms with Gasteiger partial charge in [-0.15, -0.1) is 0 Å². The monoisotopic (exact) mass is 434 g/mol. The minimum absolute atomic E-state index is 0.117. The molecule has 1 fully saturated rings. The maximum Gasteiger partial charge on any atom is 0.234 e. The number of imidazole rings is 1. The van der Waals surface area contributed by atoms with E-state index in [0.29, 0.717) is 6.04 Å². The van der Waals surface area contributed by atoms with Crippen molar-refractivity contribution in [2.45, 2.75) is 65.7 Å². The Morgan fingerprint density at radius 2 is 2.06 bits per heavy atom. The molecule has 1 saturated heterocycles. The molecule has 4 rings (SSSR count). The summed E-state index contributed by atoms with van der Waals surface area (Å²) in [6.07, 6.45) is 11.0. The van der Waals surface area contributed by atoms with Gasteiger partial charge in [0.2, 0.25) is 5.82 Å². The van der Waals surface area contributed by atoms with E-state index in [1.54, 1.807) is 6.20 Å². The van der Waals surface area contributed by atoms with Gasteiger partial charge in [-0.2, -0.15) is 5.26 Å². The number of rotatable bonds is 8. The first-order chi connectivity index (χ1) is 15.4. The van der Waals surface area contributed by atoms with E-state index in [1.807, 2.05) is 18.7 Å². The first-order valence-corrected chi connectivity index (χ1v) is 11.6. The third kappa shape index (κ3) is 5.72.